The molecule has 4 heteroatoms. The van der Waals surface area contributed by atoms with E-state index in [0.29, 0.717) is 0 Å². The molecule has 15 heavy (non-hydrogen) atoms. The molecule has 3 heterocycles. The second-order valence-electron chi connectivity index (χ2n) is 3.74. The number of hydrogen-bond donors (Lipinski definition) is 0. The van der Waals surface area contributed by atoms with E-state index >= 15 is 0 Å². The van der Waals surface area contributed by atoms with Crippen LogP contribution in [0.3, 0.4) is 0 Å². The van der Waals surface area contributed by atoms with Gasteiger partial charge in [-0.1, -0.05) is 0 Å². The van der Waals surface area contributed by atoms with Crippen LogP contribution in [-0.2, 0) is 18.2 Å². The summed E-state index contributed by atoms with van der Waals surface area (Å²) in [7, 11) is 2.01. The summed E-state index contributed by atoms with van der Waals surface area (Å²) < 4.78 is 7.86. The van der Waals surface area contributed by atoms with Gasteiger partial charge in [-0.05, 0) is 23.4 Å². The average molecular weight is 220 g/mol. The second kappa shape index (κ2) is 3.47. The first kappa shape index (κ1) is 9.12. The molecule has 0 aromatic carbocycles. The van der Waals surface area contributed by atoms with Gasteiger partial charge in [0.05, 0.1) is 24.8 Å². The molecule has 0 bridgehead atoms. The summed E-state index contributed by atoms with van der Waals surface area (Å²) >= 11 is 1.77. The molecule has 78 valence electrons. The third-order valence-corrected chi connectivity index (χ3v) is 3.80. The Morgan fingerprint density at radius 3 is 3.33 bits per heavy atom. The highest BCUT2D eigenvalue weighted by atomic mass is 32.1. The van der Waals surface area contributed by atoms with Crippen molar-refractivity contribution in [2.24, 2.45) is 7.05 Å². The minimum atomic E-state index is 0.0845. The van der Waals surface area contributed by atoms with Crippen molar-refractivity contribution in [2.75, 3.05) is 6.61 Å². The van der Waals surface area contributed by atoms with Crippen molar-refractivity contribution in [3.8, 4) is 0 Å². The molecular weight excluding hydrogens is 208 g/mol. The quantitative estimate of drug-likeness (QED) is 0.736. The largest absolute Gasteiger partial charge is 0.366 e. The van der Waals surface area contributed by atoms with E-state index in [2.05, 4.69) is 16.4 Å². The van der Waals surface area contributed by atoms with Crippen molar-refractivity contribution in [3.05, 3.63) is 40.1 Å². The molecule has 2 aromatic heterocycles. The molecule has 0 saturated carbocycles. The standard InChI is InChI=1S/C11H12N2OS/c1-13-7-12-6-9(13)10-11-8(2-4-14-10)3-5-15-11/h3,5-7,10H,2,4H2,1H3. The van der Waals surface area contributed by atoms with Crippen LogP contribution in [0.25, 0.3) is 0 Å². The summed E-state index contributed by atoms with van der Waals surface area (Å²) in [6, 6.07) is 2.20. The van der Waals surface area contributed by atoms with Gasteiger partial charge in [-0.2, -0.15) is 0 Å². The lowest BCUT2D eigenvalue weighted by Gasteiger charge is -2.23. The Morgan fingerprint density at radius 2 is 2.53 bits per heavy atom. The summed E-state index contributed by atoms with van der Waals surface area (Å²) in [6.07, 6.45) is 4.83. The predicted molar refractivity (Wildman–Crippen MR) is 59.0 cm³/mol. The summed E-state index contributed by atoms with van der Waals surface area (Å²) in [5.74, 6) is 0. The van der Waals surface area contributed by atoms with Gasteiger partial charge >= 0.3 is 0 Å². The molecule has 0 radical (unpaired) electrons. The second-order valence-corrected chi connectivity index (χ2v) is 4.69. The van der Waals surface area contributed by atoms with Gasteiger partial charge < -0.3 is 9.30 Å². The predicted octanol–water partition coefficient (Wildman–Crippen LogP) is 2.14. The molecule has 0 spiro atoms. The fourth-order valence-corrected chi connectivity index (χ4v) is 3.00. The first-order valence-corrected chi connectivity index (χ1v) is 5.88. The summed E-state index contributed by atoms with van der Waals surface area (Å²) in [5, 5.41) is 2.14. The first-order valence-electron chi connectivity index (χ1n) is 5.00. The number of imidazole rings is 1. The molecule has 2 aromatic rings. The van der Waals surface area contributed by atoms with Gasteiger partial charge in [0.15, 0.2) is 0 Å². The minimum absolute atomic E-state index is 0.0845. The van der Waals surface area contributed by atoms with E-state index in [0.717, 1.165) is 18.7 Å². The molecule has 1 unspecified atom stereocenters. The monoisotopic (exact) mass is 220 g/mol. The SMILES string of the molecule is Cn1cncc1C1OCCc2ccsc21. The van der Waals surface area contributed by atoms with Crippen LogP contribution in [0, 0.1) is 0 Å². The average Bonchev–Trinajstić information content (AvgIpc) is 2.85. The van der Waals surface area contributed by atoms with E-state index in [1.54, 1.807) is 11.3 Å². The van der Waals surface area contributed by atoms with Crippen LogP contribution in [0.2, 0.25) is 0 Å². The maximum absolute atomic E-state index is 5.84. The highest BCUT2D eigenvalue weighted by molar-refractivity contribution is 7.10. The number of nitrogens with zero attached hydrogens (tertiary/aromatic N) is 2. The van der Waals surface area contributed by atoms with Crippen molar-refractivity contribution >= 4 is 11.3 Å². The number of fused-ring (bicyclic) bond motifs is 1. The van der Waals surface area contributed by atoms with E-state index in [1.165, 1.54) is 10.4 Å². The zero-order chi connectivity index (χ0) is 10.3. The third kappa shape index (κ3) is 1.41. The lowest BCUT2D eigenvalue weighted by atomic mass is 10.1. The Labute approximate surface area is 92.3 Å². The molecule has 0 fully saturated rings. The Morgan fingerprint density at radius 1 is 1.60 bits per heavy atom. The maximum Gasteiger partial charge on any atom is 0.133 e. The molecular formula is C11H12N2OS. The number of hydrogen-bond acceptors (Lipinski definition) is 3. The van der Waals surface area contributed by atoms with Gasteiger partial charge in [-0.25, -0.2) is 4.98 Å². The number of aromatic nitrogens is 2. The number of rotatable bonds is 1. The molecule has 3 nitrogen and oxygen atoms in total. The molecule has 3 rings (SSSR count). The van der Waals surface area contributed by atoms with E-state index in [9.17, 15) is 0 Å². The molecule has 1 aliphatic heterocycles. The van der Waals surface area contributed by atoms with Crippen LogP contribution in [0.5, 0.6) is 0 Å². The fourth-order valence-electron chi connectivity index (χ4n) is 1.99. The van der Waals surface area contributed by atoms with E-state index in [-0.39, 0.29) is 6.10 Å². The van der Waals surface area contributed by atoms with Crippen molar-refractivity contribution in [3.63, 3.8) is 0 Å². The number of thiophene rings is 1. The lowest BCUT2D eigenvalue weighted by Crippen LogP contribution is -2.17. The van der Waals surface area contributed by atoms with Gasteiger partial charge in [0, 0.05) is 11.9 Å². The number of aryl methyl sites for hydroxylation is 1. The molecule has 0 saturated heterocycles. The zero-order valence-corrected chi connectivity index (χ0v) is 9.33. The molecule has 1 atom stereocenters. The topological polar surface area (TPSA) is 27.1 Å². The Hall–Kier alpha value is -1.13. The van der Waals surface area contributed by atoms with Crippen molar-refractivity contribution < 1.29 is 4.74 Å². The summed E-state index contributed by atoms with van der Waals surface area (Å²) in [6.45, 7) is 0.805. The molecule has 0 N–H and O–H groups in total. The molecule has 0 amide bonds. The van der Waals surface area contributed by atoms with Crippen LogP contribution < -0.4 is 0 Å². The van der Waals surface area contributed by atoms with Gasteiger partial charge in [-0.3, -0.25) is 0 Å². The Balaban J connectivity index is 2.07. The highest BCUT2D eigenvalue weighted by Crippen LogP contribution is 2.35. The van der Waals surface area contributed by atoms with Crippen LogP contribution in [0.1, 0.15) is 22.2 Å². The summed E-state index contributed by atoms with van der Waals surface area (Å²) in [4.78, 5) is 5.48. The number of ether oxygens (including phenoxy) is 1. The van der Waals surface area contributed by atoms with Gasteiger partial charge in [0.2, 0.25) is 0 Å². The van der Waals surface area contributed by atoms with E-state index < -0.39 is 0 Å². The van der Waals surface area contributed by atoms with E-state index in [4.69, 9.17) is 4.74 Å². The third-order valence-electron chi connectivity index (χ3n) is 2.80. The maximum atomic E-state index is 5.84. The Bertz CT molecular complexity index is 474. The van der Waals surface area contributed by atoms with Crippen LogP contribution in [0.4, 0.5) is 0 Å². The van der Waals surface area contributed by atoms with Crippen molar-refractivity contribution in [1.29, 1.82) is 0 Å². The zero-order valence-electron chi connectivity index (χ0n) is 8.51. The Kier molecular flexibility index (Phi) is 2.11. The van der Waals surface area contributed by atoms with Gasteiger partial charge in [0.25, 0.3) is 0 Å². The van der Waals surface area contributed by atoms with Crippen molar-refractivity contribution in [2.45, 2.75) is 12.5 Å². The van der Waals surface area contributed by atoms with Crippen molar-refractivity contribution in [1.82, 2.24) is 9.55 Å². The van der Waals surface area contributed by atoms with Gasteiger partial charge in [0.1, 0.15) is 6.10 Å². The molecule has 0 aliphatic carbocycles. The minimum Gasteiger partial charge on any atom is -0.366 e. The van der Waals surface area contributed by atoms with E-state index in [1.807, 2.05) is 24.1 Å². The molecule has 1 aliphatic rings. The summed E-state index contributed by atoms with van der Waals surface area (Å²) in [5.41, 5.74) is 2.57. The fraction of sp³-hybridized carbons (Fsp3) is 0.364. The van der Waals surface area contributed by atoms with Crippen LogP contribution in [-0.4, -0.2) is 16.2 Å². The van der Waals surface area contributed by atoms with Crippen LogP contribution in [0.15, 0.2) is 24.0 Å². The van der Waals surface area contributed by atoms with Gasteiger partial charge in [-0.15, -0.1) is 11.3 Å². The highest BCUT2D eigenvalue weighted by Gasteiger charge is 2.25. The first-order chi connectivity index (χ1) is 7.36. The lowest BCUT2D eigenvalue weighted by molar-refractivity contribution is 0.0682. The van der Waals surface area contributed by atoms with Crippen LogP contribution >= 0.6 is 11.3 Å². The smallest absolute Gasteiger partial charge is 0.133 e. The normalized spacial score (nSPS) is 20.2.